The van der Waals surface area contributed by atoms with Gasteiger partial charge in [0.15, 0.2) is 10.4 Å². The topological polar surface area (TPSA) is 36.9 Å². The molecule has 0 unspecified atom stereocenters. The van der Waals surface area contributed by atoms with Gasteiger partial charge in [0.25, 0.3) is 0 Å². The zero-order valence-electron chi connectivity index (χ0n) is 12.2. The third-order valence-electron chi connectivity index (χ3n) is 4.36. The molecule has 20 heavy (non-hydrogen) atoms. The van der Waals surface area contributed by atoms with Gasteiger partial charge in [-0.05, 0) is 76.6 Å². The van der Waals surface area contributed by atoms with Crippen molar-refractivity contribution in [2.24, 2.45) is 5.92 Å². The van der Waals surface area contributed by atoms with Crippen molar-refractivity contribution in [1.82, 2.24) is 19.4 Å². The fourth-order valence-corrected chi connectivity index (χ4v) is 3.28. The molecule has 2 aromatic rings. The monoisotopic (exact) mass is 290 g/mol. The van der Waals surface area contributed by atoms with Gasteiger partial charge in [0, 0.05) is 12.2 Å². The number of fused-ring (bicyclic) bond motifs is 1. The molecule has 2 aromatic heterocycles. The molecule has 5 heteroatoms. The van der Waals surface area contributed by atoms with E-state index in [4.69, 9.17) is 12.2 Å². The Kier molecular flexibility index (Phi) is 3.89. The van der Waals surface area contributed by atoms with E-state index in [9.17, 15) is 0 Å². The van der Waals surface area contributed by atoms with Gasteiger partial charge >= 0.3 is 0 Å². The van der Waals surface area contributed by atoms with Gasteiger partial charge in [0.1, 0.15) is 0 Å². The summed E-state index contributed by atoms with van der Waals surface area (Å²) in [7, 11) is 2.21. The quantitative estimate of drug-likeness (QED) is 0.882. The van der Waals surface area contributed by atoms with Gasteiger partial charge in [-0.1, -0.05) is 0 Å². The summed E-state index contributed by atoms with van der Waals surface area (Å²) in [6, 6.07) is 4.09. The molecule has 0 saturated carbocycles. The van der Waals surface area contributed by atoms with Crippen LogP contribution in [0.4, 0.5) is 0 Å². The summed E-state index contributed by atoms with van der Waals surface area (Å²) >= 11 is 5.44. The summed E-state index contributed by atoms with van der Waals surface area (Å²) in [6.45, 7) is 5.45. The molecule has 1 N–H and O–H groups in total. The first-order chi connectivity index (χ1) is 9.63. The first-order valence-corrected chi connectivity index (χ1v) is 7.79. The van der Waals surface area contributed by atoms with Crippen LogP contribution in [0.5, 0.6) is 0 Å². The van der Waals surface area contributed by atoms with E-state index in [-0.39, 0.29) is 0 Å². The molecule has 108 valence electrons. The highest BCUT2D eigenvalue weighted by Crippen LogP contribution is 2.21. The molecule has 0 aromatic carbocycles. The summed E-state index contributed by atoms with van der Waals surface area (Å²) in [4.78, 5) is 10.3. The Balaban J connectivity index is 1.75. The summed E-state index contributed by atoms with van der Waals surface area (Å²) in [6.07, 6.45) is 3.81. The van der Waals surface area contributed by atoms with E-state index >= 15 is 0 Å². The van der Waals surface area contributed by atoms with E-state index in [1.54, 1.807) is 0 Å². The molecule has 3 heterocycles. The average Bonchev–Trinajstić information content (AvgIpc) is 2.73. The maximum Gasteiger partial charge on any atom is 0.179 e. The highest BCUT2D eigenvalue weighted by Gasteiger charge is 2.17. The molecule has 0 radical (unpaired) electrons. The van der Waals surface area contributed by atoms with Gasteiger partial charge in [0.2, 0.25) is 0 Å². The first-order valence-electron chi connectivity index (χ1n) is 7.38. The van der Waals surface area contributed by atoms with Gasteiger partial charge in [-0.2, -0.15) is 0 Å². The Morgan fingerprint density at radius 3 is 2.85 bits per heavy atom. The third kappa shape index (κ3) is 2.79. The highest BCUT2D eigenvalue weighted by atomic mass is 32.1. The molecule has 0 bridgehead atoms. The minimum Gasteiger partial charge on any atom is -0.329 e. The SMILES string of the molecule is Cc1ccc2[nH]c(=S)n(CCC3CCN(C)CC3)c2n1. The molecule has 0 spiro atoms. The minimum atomic E-state index is 0.797. The Hall–Kier alpha value is -1.20. The number of aromatic nitrogens is 3. The lowest BCUT2D eigenvalue weighted by Gasteiger charge is -2.28. The zero-order valence-corrected chi connectivity index (χ0v) is 13.0. The number of hydrogen-bond acceptors (Lipinski definition) is 3. The molecule has 0 amide bonds. The maximum atomic E-state index is 5.44. The van der Waals surface area contributed by atoms with E-state index in [2.05, 4.69) is 32.5 Å². The number of nitrogens with zero attached hydrogens (tertiary/aromatic N) is 3. The summed E-state index contributed by atoms with van der Waals surface area (Å²) in [5.41, 5.74) is 3.09. The second kappa shape index (κ2) is 5.66. The molecule has 0 aliphatic carbocycles. The van der Waals surface area contributed by atoms with Crippen LogP contribution in [0.2, 0.25) is 0 Å². The van der Waals surface area contributed by atoms with Gasteiger partial charge in [0.05, 0.1) is 5.52 Å². The summed E-state index contributed by atoms with van der Waals surface area (Å²) < 4.78 is 2.96. The van der Waals surface area contributed by atoms with Crippen LogP contribution in [0.3, 0.4) is 0 Å². The lowest BCUT2D eigenvalue weighted by Crippen LogP contribution is -2.30. The Morgan fingerprint density at radius 2 is 2.10 bits per heavy atom. The van der Waals surface area contributed by atoms with Gasteiger partial charge in [-0.25, -0.2) is 4.98 Å². The molecular formula is C15H22N4S. The predicted octanol–water partition coefficient (Wildman–Crippen LogP) is 3.13. The van der Waals surface area contributed by atoms with Crippen LogP contribution in [-0.4, -0.2) is 39.6 Å². The highest BCUT2D eigenvalue weighted by molar-refractivity contribution is 7.71. The van der Waals surface area contributed by atoms with Crippen molar-refractivity contribution in [2.75, 3.05) is 20.1 Å². The van der Waals surface area contributed by atoms with E-state index in [1.807, 2.05) is 13.0 Å². The van der Waals surface area contributed by atoms with Crippen LogP contribution < -0.4 is 0 Å². The van der Waals surface area contributed by atoms with Crippen molar-refractivity contribution in [3.05, 3.63) is 22.6 Å². The Bertz CT molecular complexity index is 649. The molecule has 1 aliphatic heterocycles. The number of rotatable bonds is 3. The number of hydrogen-bond donors (Lipinski definition) is 1. The molecule has 3 rings (SSSR count). The molecule has 0 atom stereocenters. The Morgan fingerprint density at radius 1 is 1.35 bits per heavy atom. The lowest BCUT2D eigenvalue weighted by molar-refractivity contribution is 0.208. The number of aromatic amines is 1. The number of imidazole rings is 1. The number of pyridine rings is 1. The standard InChI is InChI=1S/C15H22N4S/c1-11-3-4-13-14(16-11)19(15(20)17-13)10-7-12-5-8-18(2)9-6-12/h3-4,12H,5-10H2,1-2H3,(H,17,20). The van der Waals surface area contributed by atoms with Crippen LogP contribution in [0.1, 0.15) is 25.0 Å². The second-order valence-electron chi connectivity index (χ2n) is 5.94. The molecule has 1 fully saturated rings. The molecule has 1 saturated heterocycles. The van der Waals surface area contributed by atoms with Crippen molar-refractivity contribution in [2.45, 2.75) is 32.7 Å². The number of piperidine rings is 1. The fraction of sp³-hybridized carbons (Fsp3) is 0.600. The summed E-state index contributed by atoms with van der Waals surface area (Å²) in [5, 5.41) is 0. The van der Waals surface area contributed by atoms with Crippen molar-refractivity contribution in [3.63, 3.8) is 0 Å². The maximum absolute atomic E-state index is 5.44. The fourth-order valence-electron chi connectivity index (χ4n) is 3.00. The minimum absolute atomic E-state index is 0.797. The number of nitrogens with one attached hydrogen (secondary N) is 1. The van der Waals surface area contributed by atoms with Crippen molar-refractivity contribution in [1.29, 1.82) is 0 Å². The van der Waals surface area contributed by atoms with Crippen LogP contribution in [-0.2, 0) is 6.54 Å². The molecular weight excluding hydrogens is 268 g/mol. The van der Waals surface area contributed by atoms with Gasteiger partial charge < -0.3 is 14.5 Å². The average molecular weight is 290 g/mol. The number of H-pyrrole nitrogens is 1. The van der Waals surface area contributed by atoms with Crippen LogP contribution in [0.25, 0.3) is 11.2 Å². The smallest absolute Gasteiger partial charge is 0.179 e. The van der Waals surface area contributed by atoms with Crippen molar-refractivity contribution < 1.29 is 0 Å². The molecule has 1 aliphatic rings. The van der Waals surface area contributed by atoms with Crippen LogP contribution in [0.15, 0.2) is 12.1 Å². The molecule has 4 nitrogen and oxygen atoms in total. The van der Waals surface area contributed by atoms with Crippen molar-refractivity contribution in [3.8, 4) is 0 Å². The van der Waals surface area contributed by atoms with E-state index in [1.165, 1.54) is 32.4 Å². The second-order valence-corrected chi connectivity index (χ2v) is 6.33. The Labute approximate surface area is 124 Å². The first kappa shape index (κ1) is 13.8. The zero-order chi connectivity index (χ0) is 14.1. The number of aryl methyl sites for hydroxylation is 2. The van der Waals surface area contributed by atoms with Crippen LogP contribution >= 0.6 is 12.2 Å². The van der Waals surface area contributed by atoms with Crippen molar-refractivity contribution >= 4 is 23.4 Å². The van der Waals surface area contributed by atoms with Gasteiger partial charge in [-0.15, -0.1) is 0 Å². The largest absolute Gasteiger partial charge is 0.329 e. The number of likely N-dealkylation sites (tertiary alicyclic amines) is 1. The summed E-state index contributed by atoms with van der Waals surface area (Å²) in [5.74, 6) is 0.822. The third-order valence-corrected chi connectivity index (χ3v) is 4.68. The van der Waals surface area contributed by atoms with Crippen LogP contribution in [0, 0.1) is 17.6 Å². The van der Waals surface area contributed by atoms with E-state index in [0.717, 1.165) is 34.1 Å². The predicted molar refractivity (Wildman–Crippen MR) is 84.5 cm³/mol. The lowest BCUT2D eigenvalue weighted by atomic mass is 9.94. The van der Waals surface area contributed by atoms with Gasteiger partial charge in [-0.3, -0.25) is 0 Å². The van der Waals surface area contributed by atoms with E-state index in [0.29, 0.717) is 0 Å². The normalized spacial score (nSPS) is 17.9. The van der Waals surface area contributed by atoms with E-state index < -0.39 is 0 Å².